The number of nitrogens with zero attached hydrogens (tertiary/aromatic N) is 3. The van der Waals surface area contributed by atoms with E-state index in [4.69, 9.17) is 23.2 Å². The Morgan fingerprint density at radius 3 is 2.34 bits per heavy atom. The fourth-order valence-corrected chi connectivity index (χ4v) is 4.04. The Morgan fingerprint density at radius 1 is 1.00 bits per heavy atom. The number of rotatable bonds is 5. The Morgan fingerprint density at radius 2 is 1.69 bits per heavy atom. The van der Waals surface area contributed by atoms with Crippen molar-refractivity contribution in [3.05, 3.63) is 88.0 Å². The first-order valence-electron chi connectivity index (χ1n) is 9.46. The van der Waals surface area contributed by atoms with Crippen molar-refractivity contribution in [3.63, 3.8) is 0 Å². The van der Waals surface area contributed by atoms with E-state index in [0.29, 0.717) is 27.1 Å². The lowest BCUT2D eigenvalue weighted by atomic mass is 9.98. The first-order valence-corrected chi connectivity index (χ1v) is 10.2. The lowest BCUT2D eigenvalue weighted by Crippen LogP contribution is -2.04. The maximum Gasteiger partial charge on any atom is 0.356 e. The highest BCUT2D eigenvalue weighted by molar-refractivity contribution is 6.37. The van der Waals surface area contributed by atoms with Gasteiger partial charge in [0.2, 0.25) is 6.08 Å². The van der Waals surface area contributed by atoms with E-state index >= 15 is 0 Å². The fourth-order valence-electron chi connectivity index (χ4n) is 3.48. The second-order valence-corrected chi connectivity index (χ2v) is 7.80. The van der Waals surface area contributed by atoms with Crippen LogP contribution in [0.3, 0.4) is 0 Å². The molecule has 0 atom stereocenters. The van der Waals surface area contributed by atoms with Gasteiger partial charge in [-0.25, -0.2) is 14.3 Å². The number of halogens is 2. The summed E-state index contributed by atoms with van der Waals surface area (Å²) in [5.41, 5.74) is 4.78. The van der Waals surface area contributed by atoms with Gasteiger partial charge in [-0.1, -0.05) is 59.6 Å². The number of aryl methyl sites for hydroxylation is 1. The fraction of sp³-hybridized carbons (Fsp3) is 0.0417. The maximum atomic E-state index is 11.6. The minimum absolute atomic E-state index is 0.126. The number of isocyanates is 1. The van der Waals surface area contributed by atoms with Crippen LogP contribution in [0.4, 0.5) is 5.69 Å². The molecule has 8 heteroatoms. The second-order valence-electron chi connectivity index (χ2n) is 6.99. The summed E-state index contributed by atoms with van der Waals surface area (Å²) >= 11 is 12.7. The van der Waals surface area contributed by atoms with Gasteiger partial charge >= 0.3 is 5.97 Å². The summed E-state index contributed by atoms with van der Waals surface area (Å²) in [6.07, 6.45) is 1.54. The Labute approximate surface area is 193 Å². The van der Waals surface area contributed by atoms with Crippen LogP contribution in [-0.4, -0.2) is 26.9 Å². The van der Waals surface area contributed by atoms with E-state index in [9.17, 15) is 14.7 Å². The molecule has 0 aliphatic carbocycles. The molecule has 0 amide bonds. The number of aromatic carboxylic acids is 1. The van der Waals surface area contributed by atoms with Crippen molar-refractivity contribution in [2.75, 3.05) is 0 Å². The van der Waals surface area contributed by atoms with Gasteiger partial charge in [0.25, 0.3) is 0 Å². The summed E-state index contributed by atoms with van der Waals surface area (Å²) in [4.78, 5) is 25.9. The average Bonchev–Trinajstić information content (AvgIpc) is 3.19. The van der Waals surface area contributed by atoms with Crippen LogP contribution >= 0.6 is 23.2 Å². The third-order valence-corrected chi connectivity index (χ3v) is 5.54. The van der Waals surface area contributed by atoms with Gasteiger partial charge in [0, 0.05) is 5.56 Å². The number of aliphatic imine (C=N–C) groups is 1. The number of hydrogen-bond acceptors (Lipinski definition) is 4. The summed E-state index contributed by atoms with van der Waals surface area (Å²) in [5, 5.41) is 14.4. The molecule has 32 heavy (non-hydrogen) atoms. The van der Waals surface area contributed by atoms with E-state index in [1.807, 2.05) is 37.3 Å². The Hall–Kier alpha value is -3.70. The topological polar surface area (TPSA) is 84.6 Å². The molecule has 0 unspecified atom stereocenters. The van der Waals surface area contributed by atoms with Crippen molar-refractivity contribution < 1.29 is 14.7 Å². The monoisotopic (exact) mass is 463 g/mol. The normalized spacial score (nSPS) is 10.6. The molecule has 1 heterocycles. The molecule has 0 saturated carbocycles. The Kier molecular flexibility index (Phi) is 5.93. The highest BCUT2D eigenvalue weighted by Crippen LogP contribution is 2.35. The van der Waals surface area contributed by atoms with Crippen LogP contribution in [0.5, 0.6) is 0 Å². The summed E-state index contributed by atoms with van der Waals surface area (Å²) < 4.78 is 1.45. The smallest absolute Gasteiger partial charge is 0.356 e. The second kappa shape index (κ2) is 8.81. The molecular weight excluding hydrogens is 449 g/mol. The van der Waals surface area contributed by atoms with Crippen LogP contribution in [0.15, 0.2) is 71.7 Å². The number of hydrogen-bond donors (Lipinski definition) is 1. The largest absolute Gasteiger partial charge is 0.476 e. The van der Waals surface area contributed by atoms with Crippen LogP contribution in [0.25, 0.3) is 28.1 Å². The number of carbonyl (C=O) groups is 1. The average molecular weight is 464 g/mol. The van der Waals surface area contributed by atoms with Crippen LogP contribution < -0.4 is 0 Å². The van der Waals surface area contributed by atoms with Gasteiger partial charge in [-0.3, -0.25) is 0 Å². The first kappa shape index (κ1) is 21.5. The minimum atomic E-state index is -1.16. The van der Waals surface area contributed by atoms with E-state index in [1.54, 1.807) is 36.4 Å². The number of carboxylic acids is 1. The molecule has 4 aromatic rings. The van der Waals surface area contributed by atoms with E-state index in [2.05, 4.69) is 10.1 Å². The molecule has 6 nitrogen and oxygen atoms in total. The molecule has 1 aromatic heterocycles. The van der Waals surface area contributed by atoms with Crippen LogP contribution in [0.2, 0.25) is 10.0 Å². The molecule has 4 rings (SSSR count). The SMILES string of the molecule is Cc1cc(-c2cccc(N=C=O)c2)ccc1-c1cc(C(=O)O)nn1-c1c(Cl)cccc1Cl. The molecule has 0 spiro atoms. The molecule has 0 saturated heterocycles. The summed E-state index contributed by atoms with van der Waals surface area (Å²) in [5.74, 6) is -1.16. The van der Waals surface area contributed by atoms with Crippen molar-refractivity contribution in [1.82, 2.24) is 9.78 Å². The molecule has 0 fully saturated rings. The van der Waals surface area contributed by atoms with Gasteiger partial charge in [-0.15, -0.1) is 0 Å². The highest BCUT2D eigenvalue weighted by Gasteiger charge is 2.20. The van der Waals surface area contributed by atoms with Gasteiger partial charge < -0.3 is 5.11 Å². The van der Waals surface area contributed by atoms with E-state index in [-0.39, 0.29) is 5.69 Å². The van der Waals surface area contributed by atoms with Crippen molar-refractivity contribution >= 4 is 40.9 Å². The van der Waals surface area contributed by atoms with Gasteiger partial charge in [-0.2, -0.15) is 10.1 Å². The quantitative estimate of drug-likeness (QED) is 0.270. The number of para-hydroxylation sites is 1. The molecule has 158 valence electrons. The van der Waals surface area contributed by atoms with Crippen molar-refractivity contribution in [3.8, 4) is 28.1 Å². The zero-order valence-corrected chi connectivity index (χ0v) is 18.2. The third-order valence-electron chi connectivity index (χ3n) is 4.93. The molecule has 0 aliphatic heterocycles. The van der Waals surface area contributed by atoms with Crippen LogP contribution in [-0.2, 0) is 4.79 Å². The molecule has 3 aromatic carbocycles. The van der Waals surface area contributed by atoms with Crippen LogP contribution in [0, 0.1) is 6.92 Å². The minimum Gasteiger partial charge on any atom is -0.476 e. The van der Waals surface area contributed by atoms with Crippen molar-refractivity contribution in [2.45, 2.75) is 6.92 Å². The maximum absolute atomic E-state index is 11.6. The summed E-state index contributed by atoms with van der Waals surface area (Å²) in [6.45, 7) is 1.91. The number of aromatic nitrogens is 2. The van der Waals surface area contributed by atoms with Crippen LogP contribution in [0.1, 0.15) is 16.1 Å². The predicted octanol–water partition coefficient (Wildman–Crippen LogP) is 6.49. The Bertz CT molecular complexity index is 1390. The molecule has 0 radical (unpaired) electrons. The standard InChI is InChI=1S/C24H15Cl2N3O3/c1-14-10-16(15-4-2-5-17(11-15)27-13-30)8-9-18(14)22-12-21(24(31)32)28-29(22)23-19(25)6-3-7-20(23)26/h2-12H,1H3,(H,31,32). The third kappa shape index (κ3) is 4.07. The van der Waals surface area contributed by atoms with E-state index in [0.717, 1.165) is 22.3 Å². The molecular formula is C24H15Cl2N3O3. The molecule has 1 N–H and O–H groups in total. The Balaban J connectivity index is 1.87. The lowest BCUT2D eigenvalue weighted by Gasteiger charge is -2.14. The zero-order valence-electron chi connectivity index (χ0n) is 16.7. The zero-order chi connectivity index (χ0) is 22.8. The van der Waals surface area contributed by atoms with Crippen molar-refractivity contribution in [1.29, 1.82) is 0 Å². The number of benzene rings is 3. The first-order chi connectivity index (χ1) is 15.4. The van der Waals surface area contributed by atoms with Gasteiger partial charge in [0.05, 0.1) is 21.4 Å². The summed E-state index contributed by atoms with van der Waals surface area (Å²) in [6, 6.07) is 19.5. The molecule has 0 bridgehead atoms. The lowest BCUT2D eigenvalue weighted by molar-refractivity contribution is 0.0690. The molecule has 0 aliphatic rings. The summed E-state index contributed by atoms with van der Waals surface area (Å²) in [7, 11) is 0. The highest BCUT2D eigenvalue weighted by atomic mass is 35.5. The van der Waals surface area contributed by atoms with Crippen molar-refractivity contribution in [2.24, 2.45) is 4.99 Å². The number of carbonyl (C=O) groups excluding carboxylic acids is 1. The van der Waals surface area contributed by atoms with Gasteiger partial charge in [0.1, 0.15) is 5.69 Å². The number of carboxylic acid groups (broad SMARTS) is 1. The van der Waals surface area contributed by atoms with E-state index in [1.165, 1.54) is 10.7 Å². The van der Waals surface area contributed by atoms with E-state index < -0.39 is 5.97 Å². The van der Waals surface area contributed by atoms with Gasteiger partial charge in [0.15, 0.2) is 5.69 Å². The van der Waals surface area contributed by atoms with Gasteiger partial charge in [-0.05, 0) is 53.9 Å². The predicted molar refractivity (Wildman–Crippen MR) is 124 cm³/mol.